The van der Waals surface area contributed by atoms with Crippen molar-refractivity contribution in [1.29, 1.82) is 0 Å². The predicted octanol–water partition coefficient (Wildman–Crippen LogP) is -0.395. The average molecular weight is 314 g/mol. The molecule has 22 heavy (non-hydrogen) atoms. The van der Waals surface area contributed by atoms with Crippen LogP contribution in [0.25, 0.3) is 0 Å². The second kappa shape index (κ2) is 5.99. The zero-order valence-electron chi connectivity index (χ0n) is 11.8. The summed E-state index contributed by atoms with van der Waals surface area (Å²) >= 11 is 0. The molecular weight excluding hydrogens is 296 g/mol. The van der Waals surface area contributed by atoms with Gasteiger partial charge in [0.2, 0.25) is 0 Å². The maximum atomic E-state index is 10.2. The van der Waals surface area contributed by atoms with Crippen LogP contribution >= 0.6 is 0 Å². The first-order valence-electron chi connectivity index (χ1n) is 6.84. The SMILES string of the molecule is CO[C@H]1O[C@@H]2COC(c3ccc(O)c(O)c3)O[C@H]2[C@H](O)[C@H]1O. The van der Waals surface area contributed by atoms with Gasteiger partial charge >= 0.3 is 0 Å². The molecule has 0 aliphatic carbocycles. The Labute approximate surface area is 126 Å². The van der Waals surface area contributed by atoms with Gasteiger partial charge in [-0.15, -0.1) is 0 Å². The number of aliphatic hydroxyl groups excluding tert-OH is 2. The molecule has 2 aliphatic heterocycles. The van der Waals surface area contributed by atoms with Crippen molar-refractivity contribution in [3.63, 3.8) is 0 Å². The first-order valence-corrected chi connectivity index (χ1v) is 6.84. The summed E-state index contributed by atoms with van der Waals surface area (Å²) in [6, 6.07) is 4.16. The molecule has 6 atom stereocenters. The molecule has 1 aromatic carbocycles. The van der Waals surface area contributed by atoms with E-state index in [-0.39, 0.29) is 18.1 Å². The molecular formula is C14H18O8. The average Bonchev–Trinajstić information content (AvgIpc) is 2.53. The maximum Gasteiger partial charge on any atom is 0.186 e. The molecule has 0 radical (unpaired) electrons. The third-order valence-corrected chi connectivity index (χ3v) is 3.84. The minimum Gasteiger partial charge on any atom is -0.504 e. The number of hydrogen-bond donors (Lipinski definition) is 4. The van der Waals surface area contributed by atoms with Crippen molar-refractivity contribution < 1.29 is 39.4 Å². The van der Waals surface area contributed by atoms with E-state index in [0.29, 0.717) is 5.56 Å². The van der Waals surface area contributed by atoms with Crippen molar-refractivity contribution in [2.75, 3.05) is 13.7 Å². The molecule has 2 fully saturated rings. The van der Waals surface area contributed by atoms with Crippen LogP contribution in [0.2, 0.25) is 0 Å². The number of rotatable bonds is 2. The second-order valence-corrected chi connectivity index (χ2v) is 5.27. The summed E-state index contributed by atoms with van der Waals surface area (Å²) in [5, 5.41) is 38.9. The first-order chi connectivity index (χ1) is 10.5. The Kier molecular flexibility index (Phi) is 4.22. The van der Waals surface area contributed by atoms with Crippen LogP contribution in [0.15, 0.2) is 18.2 Å². The largest absolute Gasteiger partial charge is 0.504 e. The molecule has 0 aromatic heterocycles. The number of hydrogen-bond acceptors (Lipinski definition) is 8. The van der Waals surface area contributed by atoms with Crippen molar-refractivity contribution in [2.24, 2.45) is 0 Å². The van der Waals surface area contributed by atoms with Gasteiger partial charge in [-0.2, -0.15) is 0 Å². The van der Waals surface area contributed by atoms with Gasteiger partial charge in [0.15, 0.2) is 24.1 Å². The molecule has 1 aromatic rings. The highest BCUT2D eigenvalue weighted by atomic mass is 16.7. The summed E-state index contributed by atoms with van der Waals surface area (Å²) in [6.07, 6.45) is -5.60. The van der Waals surface area contributed by atoms with Gasteiger partial charge in [0.25, 0.3) is 0 Å². The van der Waals surface area contributed by atoms with Crippen LogP contribution in [0.4, 0.5) is 0 Å². The van der Waals surface area contributed by atoms with Gasteiger partial charge in [-0.1, -0.05) is 6.07 Å². The Balaban J connectivity index is 1.76. The summed E-state index contributed by atoms with van der Waals surface area (Å²) in [7, 11) is 1.37. The topological polar surface area (TPSA) is 118 Å². The minimum absolute atomic E-state index is 0.126. The second-order valence-electron chi connectivity index (χ2n) is 5.27. The monoisotopic (exact) mass is 314 g/mol. The van der Waals surface area contributed by atoms with Crippen molar-refractivity contribution >= 4 is 0 Å². The fourth-order valence-corrected chi connectivity index (χ4v) is 2.63. The van der Waals surface area contributed by atoms with E-state index < -0.39 is 37.0 Å². The summed E-state index contributed by atoms with van der Waals surface area (Å²) < 4.78 is 21.6. The van der Waals surface area contributed by atoms with Crippen LogP contribution in [0.3, 0.4) is 0 Å². The number of benzene rings is 1. The highest BCUT2D eigenvalue weighted by Gasteiger charge is 2.49. The molecule has 122 valence electrons. The van der Waals surface area contributed by atoms with Crippen LogP contribution in [0, 0.1) is 0 Å². The standard InChI is InChI=1S/C14H18O8/c1-19-14-11(18)10(17)12-9(21-14)5-20-13(22-12)6-2-3-7(15)8(16)4-6/h2-4,9-18H,5H2,1H3/t9-,10-,11-,12-,13?,14+/m1/s1. The zero-order valence-corrected chi connectivity index (χ0v) is 11.8. The van der Waals surface area contributed by atoms with Gasteiger partial charge in [0.1, 0.15) is 24.4 Å². The fraction of sp³-hybridized carbons (Fsp3) is 0.571. The summed E-state index contributed by atoms with van der Waals surface area (Å²) in [5.41, 5.74) is 0.476. The highest BCUT2D eigenvalue weighted by molar-refractivity contribution is 5.41. The van der Waals surface area contributed by atoms with Crippen LogP contribution in [-0.2, 0) is 18.9 Å². The molecule has 0 spiro atoms. The fourth-order valence-electron chi connectivity index (χ4n) is 2.63. The van der Waals surface area contributed by atoms with Gasteiger partial charge in [0.05, 0.1) is 6.61 Å². The Hall–Kier alpha value is -1.42. The van der Waals surface area contributed by atoms with Crippen LogP contribution in [-0.4, -0.2) is 64.8 Å². The first kappa shape index (κ1) is 15.5. The van der Waals surface area contributed by atoms with Gasteiger partial charge in [-0.3, -0.25) is 0 Å². The molecule has 4 N–H and O–H groups in total. The Morgan fingerprint density at radius 3 is 2.55 bits per heavy atom. The van der Waals surface area contributed by atoms with Gasteiger partial charge in [-0.05, 0) is 12.1 Å². The quantitative estimate of drug-likeness (QED) is 0.545. The lowest BCUT2D eigenvalue weighted by Crippen LogP contribution is -2.62. The molecule has 0 bridgehead atoms. The third-order valence-electron chi connectivity index (χ3n) is 3.84. The molecule has 2 aliphatic rings. The third kappa shape index (κ3) is 2.65. The molecule has 0 amide bonds. The molecule has 3 rings (SSSR count). The van der Waals surface area contributed by atoms with Gasteiger partial charge in [-0.25, -0.2) is 0 Å². The van der Waals surface area contributed by atoms with E-state index in [1.54, 1.807) is 0 Å². The summed E-state index contributed by atoms with van der Waals surface area (Å²) in [5.74, 6) is -0.552. The Morgan fingerprint density at radius 1 is 1.09 bits per heavy atom. The van der Waals surface area contributed by atoms with E-state index in [2.05, 4.69) is 0 Å². The number of methoxy groups -OCH3 is 1. The summed E-state index contributed by atoms with van der Waals surface area (Å²) in [4.78, 5) is 0. The van der Waals surface area contributed by atoms with Crippen molar-refractivity contribution in [1.82, 2.24) is 0 Å². The number of aromatic hydroxyl groups is 2. The Bertz CT molecular complexity index is 534. The molecule has 2 heterocycles. The molecule has 8 heteroatoms. The van der Waals surface area contributed by atoms with Gasteiger partial charge in [0, 0.05) is 12.7 Å². The van der Waals surface area contributed by atoms with E-state index in [9.17, 15) is 20.4 Å². The number of fused-ring (bicyclic) bond motifs is 1. The van der Waals surface area contributed by atoms with E-state index in [1.807, 2.05) is 0 Å². The molecule has 2 saturated heterocycles. The zero-order chi connectivity index (χ0) is 15.9. The number of phenolic OH excluding ortho intramolecular Hbond substituents is 2. The molecule has 8 nitrogen and oxygen atoms in total. The van der Waals surface area contributed by atoms with Crippen LogP contribution < -0.4 is 0 Å². The number of aliphatic hydroxyl groups is 2. The lowest BCUT2D eigenvalue weighted by molar-refractivity contribution is -0.358. The van der Waals surface area contributed by atoms with Crippen molar-refractivity contribution in [2.45, 2.75) is 37.0 Å². The summed E-state index contributed by atoms with van der Waals surface area (Å²) in [6.45, 7) is 0.126. The smallest absolute Gasteiger partial charge is 0.186 e. The maximum absolute atomic E-state index is 10.2. The highest BCUT2D eigenvalue weighted by Crippen LogP contribution is 2.36. The van der Waals surface area contributed by atoms with Crippen molar-refractivity contribution in [3.8, 4) is 11.5 Å². The van der Waals surface area contributed by atoms with E-state index in [1.165, 1.54) is 25.3 Å². The lowest BCUT2D eigenvalue weighted by Gasteiger charge is -2.45. The van der Waals surface area contributed by atoms with E-state index in [4.69, 9.17) is 18.9 Å². The minimum atomic E-state index is -1.24. The lowest BCUT2D eigenvalue weighted by atomic mass is 9.98. The molecule has 0 saturated carbocycles. The number of ether oxygens (including phenoxy) is 4. The predicted molar refractivity (Wildman–Crippen MR) is 71.0 cm³/mol. The van der Waals surface area contributed by atoms with Crippen LogP contribution in [0.5, 0.6) is 11.5 Å². The van der Waals surface area contributed by atoms with E-state index >= 15 is 0 Å². The van der Waals surface area contributed by atoms with Crippen molar-refractivity contribution in [3.05, 3.63) is 23.8 Å². The van der Waals surface area contributed by atoms with Gasteiger partial charge < -0.3 is 39.4 Å². The normalized spacial score (nSPS) is 38.5. The van der Waals surface area contributed by atoms with Crippen LogP contribution in [0.1, 0.15) is 11.9 Å². The number of phenols is 2. The van der Waals surface area contributed by atoms with E-state index in [0.717, 1.165) is 0 Å². The molecule has 1 unspecified atom stereocenters. The Morgan fingerprint density at radius 2 is 1.86 bits per heavy atom.